The Bertz CT molecular complexity index is 391. The summed E-state index contributed by atoms with van der Waals surface area (Å²) in [6.07, 6.45) is 3.43. The number of allylic oxidation sites excluding steroid dienone is 1. The minimum Gasteiger partial charge on any atom is -0.236 e. The van der Waals surface area contributed by atoms with Crippen LogP contribution in [0.15, 0.2) is 46.5 Å². The van der Waals surface area contributed by atoms with Crippen molar-refractivity contribution in [3.05, 3.63) is 42.1 Å². The quantitative estimate of drug-likeness (QED) is 0.447. The molecule has 0 spiro atoms. The second-order valence-corrected chi connectivity index (χ2v) is 3.39. The van der Waals surface area contributed by atoms with Gasteiger partial charge < -0.3 is 0 Å². The first kappa shape index (κ1) is 11.7. The molecule has 1 aromatic carbocycles. The molecule has 0 amide bonds. The van der Waals surface area contributed by atoms with Crippen molar-refractivity contribution in [1.82, 2.24) is 0 Å². The van der Waals surface area contributed by atoms with Gasteiger partial charge >= 0.3 is 0 Å². The van der Waals surface area contributed by atoms with Gasteiger partial charge in [-0.1, -0.05) is 30.3 Å². The Balaban J connectivity index is 2.82. The monoisotopic (exact) mass is 218 g/mol. The van der Waals surface area contributed by atoms with Crippen molar-refractivity contribution in [2.75, 3.05) is 0 Å². The van der Waals surface area contributed by atoms with Crippen molar-refractivity contribution in [3.8, 4) is 0 Å². The summed E-state index contributed by atoms with van der Waals surface area (Å²) in [5.74, 6) is 0. The van der Waals surface area contributed by atoms with E-state index >= 15 is 0 Å². The molecule has 0 aliphatic heterocycles. The molecular formula is C12H14N2S. The molecule has 0 saturated carbocycles. The first-order chi connectivity index (χ1) is 7.24. The van der Waals surface area contributed by atoms with E-state index in [1.54, 1.807) is 12.4 Å². The normalized spacial score (nSPS) is 13.5. The molecule has 3 heteroatoms. The average molecular weight is 218 g/mol. The zero-order valence-corrected chi connectivity index (χ0v) is 9.78. The number of nitrogens with zero attached hydrogens (tertiary/aromatic N) is 2. The van der Waals surface area contributed by atoms with Gasteiger partial charge in [0.25, 0.3) is 0 Å². The van der Waals surface area contributed by atoms with Crippen LogP contribution in [0, 0.1) is 0 Å². The summed E-state index contributed by atoms with van der Waals surface area (Å²) in [7, 11) is 0. The number of thiol groups is 1. The van der Waals surface area contributed by atoms with Gasteiger partial charge in [-0.3, -0.25) is 0 Å². The van der Waals surface area contributed by atoms with Crippen LogP contribution in [-0.4, -0.2) is 11.4 Å². The van der Waals surface area contributed by atoms with Gasteiger partial charge in [-0.05, 0) is 25.0 Å². The lowest BCUT2D eigenvalue weighted by atomic mass is 10.1. The van der Waals surface area contributed by atoms with Gasteiger partial charge in [0.05, 0.1) is 0 Å². The molecule has 2 nitrogen and oxygen atoms in total. The van der Waals surface area contributed by atoms with Gasteiger partial charge in [-0.2, -0.15) is 0 Å². The molecule has 78 valence electrons. The van der Waals surface area contributed by atoms with Crippen LogP contribution < -0.4 is 0 Å². The summed E-state index contributed by atoms with van der Waals surface area (Å²) >= 11 is 4.10. The maximum Gasteiger partial charge on any atom is 0.184 e. The lowest BCUT2D eigenvalue weighted by molar-refractivity contribution is 1.48. The Kier molecular flexibility index (Phi) is 4.84. The van der Waals surface area contributed by atoms with E-state index in [1.165, 1.54) is 0 Å². The molecule has 0 fully saturated rings. The van der Waals surface area contributed by atoms with Crippen molar-refractivity contribution in [3.63, 3.8) is 0 Å². The Morgan fingerprint density at radius 2 is 1.93 bits per heavy atom. The second kappa shape index (κ2) is 6.19. The lowest BCUT2D eigenvalue weighted by Gasteiger charge is -1.98. The predicted octanol–water partition coefficient (Wildman–Crippen LogP) is 3.42. The highest BCUT2D eigenvalue weighted by Gasteiger charge is 1.92. The van der Waals surface area contributed by atoms with E-state index in [-0.39, 0.29) is 0 Å². The summed E-state index contributed by atoms with van der Waals surface area (Å²) in [4.78, 5) is 8.05. The number of rotatable bonds is 2. The SMILES string of the molecule is C\C=N/C(S)=N\C=C(/C)c1ccccc1. The lowest BCUT2D eigenvalue weighted by Crippen LogP contribution is -1.81. The fourth-order valence-corrected chi connectivity index (χ4v) is 1.25. The molecule has 0 aliphatic rings. The maximum atomic E-state index is 4.11. The zero-order valence-electron chi connectivity index (χ0n) is 8.88. The van der Waals surface area contributed by atoms with Crippen molar-refractivity contribution >= 4 is 29.6 Å². The number of aliphatic imine (C=N–C) groups is 2. The zero-order chi connectivity index (χ0) is 11.1. The summed E-state index contributed by atoms with van der Waals surface area (Å²) in [5, 5.41) is 0.466. The highest BCUT2D eigenvalue weighted by Crippen LogP contribution is 2.12. The molecule has 1 rings (SSSR count). The van der Waals surface area contributed by atoms with E-state index in [0.717, 1.165) is 11.1 Å². The Morgan fingerprint density at radius 1 is 1.27 bits per heavy atom. The van der Waals surface area contributed by atoms with Crippen LogP contribution in [0.3, 0.4) is 0 Å². The van der Waals surface area contributed by atoms with Crippen LogP contribution in [0.5, 0.6) is 0 Å². The fraction of sp³-hybridized carbons (Fsp3) is 0.167. The van der Waals surface area contributed by atoms with Crippen molar-refractivity contribution in [2.45, 2.75) is 13.8 Å². The second-order valence-electron chi connectivity index (χ2n) is 2.99. The minimum absolute atomic E-state index is 0.466. The number of amidine groups is 1. The van der Waals surface area contributed by atoms with Crippen LogP contribution >= 0.6 is 12.6 Å². The molecule has 0 aromatic heterocycles. The van der Waals surface area contributed by atoms with Crippen molar-refractivity contribution < 1.29 is 0 Å². The van der Waals surface area contributed by atoms with Crippen LogP contribution in [0.4, 0.5) is 0 Å². The standard InChI is InChI=1S/C12H14N2S/c1-3-13-12(15)14-9-10(2)11-7-5-4-6-8-11/h3-9H,1-2H3,(H,14,15)/b10-9+,13-3-. The average Bonchev–Trinajstić information content (AvgIpc) is 2.27. The Labute approximate surface area is 95.9 Å². The molecule has 0 atom stereocenters. The first-order valence-corrected chi connectivity index (χ1v) is 5.16. The largest absolute Gasteiger partial charge is 0.236 e. The first-order valence-electron chi connectivity index (χ1n) is 4.71. The fourth-order valence-electron chi connectivity index (χ4n) is 1.08. The highest BCUT2D eigenvalue weighted by atomic mass is 32.1. The minimum atomic E-state index is 0.466. The van der Waals surface area contributed by atoms with Gasteiger partial charge in [-0.25, -0.2) is 9.98 Å². The van der Waals surface area contributed by atoms with Crippen LogP contribution in [0.2, 0.25) is 0 Å². The van der Waals surface area contributed by atoms with Crippen LogP contribution in [-0.2, 0) is 0 Å². The smallest absolute Gasteiger partial charge is 0.184 e. The summed E-state index contributed by atoms with van der Waals surface area (Å²) in [6.45, 7) is 3.84. The number of benzene rings is 1. The third-order valence-corrected chi connectivity index (χ3v) is 2.08. The highest BCUT2D eigenvalue weighted by molar-refractivity contribution is 7.96. The maximum absolute atomic E-state index is 4.11. The molecular weight excluding hydrogens is 204 g/mol. The molecule has 15 heavy (non-hydrogen) atoms. The van der Waals surface area contributed by atoms with E-state index in [2.05, 4.69) is 22.6 Å². The Morgan fingerprint density at radius 3 is 2.53 bits per heavy atom. The summed E-state index contributed by atoms with van der Waals surface area (Å²) in [6, 6.07) is 10.1. The topological polar surface area (TPSA) is 24.7 Å². The molecule has 0 aliphatic carbocycles. The predicted molar refractivity (Wildman–Crippen MR) is 70.7 cm³/mol. The molecule has 0 heterocycles. The van der Waals surface area contributed by atoms with E-state index in [4.69, 9.17) is 0 Å². The molecule has 0 N–H and O–H groups in total. The van der Waals surface area contributed by atoms with Gasteiger partial charge in [0.2, 0.25) is 0 Å². The van der Waals surface area contributed by atoms with Gasteiger partial charge in [0.15, 0.2) is 5.17 Å². The van der Waals surface area contributed by atoms with Gasteiger partial charge in [-0.15, -0.1) is 12.6 Å². The Hall–Kier alpha value is -1.35. The van der Waals surface area contributed by atoms with Gasteiger partial charge in [0.1, 0.15) is 0 Å². The van der Waals surface area contributed by atoms with Crippen molar-refractivity contribution in [2.24, 2.45) is 9.98 Å². The number of hydrogen-bond acceptors (Lipinski definition) is 1. The van der Waals surface area contributed by atoms with Crippen LogP contribution in [0.1, 0.15) is 19.4 Å². The third-order valence-electron chi connectivity index (χ3n) is 1.85. The van der Waals surface area contributed by atoms with Crippen molar-refractivity contribution in [1.29, 1.82) is 0 Å². The molecule has 0 radical (unpaired) electrons. The van der Waals surface area contributed by atoms with Gasteiger partial charge in [0, 0.05) is 12.4 Å². The van der Waals surface area contributed by atoms with E-state index in [1.807, 2.05) is 44.2 Å². The molecule has 1 aromatic rings. The van der Waals surface area contributed by atoms with Crippen LogP contribution in [0.25, 0.3) is 5.57 Å². The molecule has 0 bridgehead atoms. The van der Waals surface area contributed by atoms with E-state index in [9.17, 15) is 0 Å². The summed E-state index contributed by atoms with van der Waals surface area (Å²) in [5.41, 5.74) is 2.25. The molecule has 0 unspecified atom stereocenters. The summed E-state index contributed by atoms with van der Waals surface area (Å²) < 4.78 is 0. The number of hydrogen-bond donors (Lipinski definition) is 1. The third kappa shape index (κ3) is 4.13. The van der Waals surface area contributed by atoms with E-state index < -0.39 is 0 Å². The van der Waals surface area contributed by atoms with E-state index in [0.29, 0.717) is 5.17 Å². The molecule has 0 saturated heterocycles.